The second-order valence-electron chi connectivity index (χ2n) is 5.25. The molecule has 1 aliphatic carbocycles. The van der Waals surface area contributed by atoms with Crippen LogP contribution in [0, 0.1) is 5.92 Å². The van der Waals surface area contributed by atoms with E-state index in [9.17, 15) is 19.2 Å². The lowest BCUT2D eigenvalue weighted by Gasteiger charge is -2.40. The van der Waals surface area contributed by atoms with Gasteiger partial charge >= 0.3 is 0 Å². The molecule has 7 nitrogen and oxygen atoms in total. The van der Waals surface area contributed by atoms with E-state index in [2.05, 4.69) is 10.6 Å². The molecule has 0 bridgehead atoms. The van der Waals surface area contributed by atoms with Crippen LogP contribution >= 0.6 is 0 Å². The molecule has 0 aromatic carbocycles. The summed E-state index contributed by atoms with van der Waals surface area (Å²) in [6.45, 7) is 0. The highest BCUT2D eigenvalue weighted by Crippen LogP contribution is 2.38. The van der Waals surface area contributed by atoms with Crippen molar-refractivity contribution in [3.05, 3.63) is 35.5 Å². The molecule has 3 rings (SSSR count). The Morgan fingerprint density at radius 2 is 1.95 bits per heavy atom. The number of carbonyl (C=O) groups excluding carboxylic acids is 4. The second-order valence-corrected chi connectivity index (χ2v) is 5.25. The lowest BCUT2D eigenvalue weighted by molar-refractivity contribution is -0.137. The first-order valence-electron chi connectivity index (χ1n) is 6.52. The van der Waals surface area contributed by atoms with Gasteiger partial charge in [0.25, 0.3) is 11.8 Å². The highest BCUT2D eigenvalue weighted by Gasteiger charge is 2.47. The maximum atomic E-state index is 12.1. The van der Waals surface area contributed by atoms with E-state index in [1.54, 1.807) is 18.2 Å². The lowest BCUT2D eigenvalue weighted by Crippen LogP contribution is -2.59. The zero-order valence-electron chi connectivity index (χ0n) is 11.0. The molecule has 0 aromatic heterocycles. The summed E-state index contributed by atoms with van der Waals surface area (Å²) in [7, 11) is 0. The van der Waals surface area contributed by atoms with Gasteiger partial charge in [-0.25, -0.2) is 0 Å². The summed E-state index contributed by atoms with van der Waals surface area (Å²) >= 11 is 0. The van der Waals surface area contributed by atoms with Crippen molar-refractivity contribution in [1.82, 2.24) is 10.6 Å². The Kier molecular flexibility index (Phi) is 2.87. The van der Waals surface area contributed by atoms with Crippen LogP contribution in [0.1, 0.15) is 12.8 Å². The molecule has 4 N–H and O–H groups in total. The summed E-state index contributed by atoms with van der Waals surface area (Å²) in [5.41, 5.74) is 5.65. The van der Waals surface area contributed by atoms with Gasteiger partial charge in [-0.1, -0.05) is 12.2 Å². The third-order valence-electron chi connectivity index (χ3n) is 3.96. The number of nitrogens with two attached hydrogens (primary N) is 1. The normalized spacial score (nSPS) is 32.0. The largest absolute Gasteiger partial charge is 0.318 e. The van der Waals surface area contributed by atoms with E-state index in [4.69, 9.17) is 5.73 Å². The highest BCUT2D eigenvalue weighted by molar-refractivity contribution is 6.15. The van der Waals surface area contributed by atoms with E-state index in [1.165, 1.54) is 6.08 Å². The van der Waals surface area contributed by atoms with Gasteiger partial charge in [0, 0.05) is 18.1 Å². The van der Waals surface area contributed by atoms with E-state index in [-0.39, 0.29) is 24.3 Å². The summed E-state index contributed by atoms with van der Waals surface area (Å²) in [6.07, 6.45) is 6.41. The van der Waals surface area contributed by atoms with Gasteiger partial charge in [0.15, 0.2) is 0 Å². The number of piperidine rings is 1. The minimum atomic E-state index is -1.28. The van der Waals surface area contributed by atoms with Gasteiger partial charge in [-0.05, 0) is 18.1 Å². The average Bonchev–Trinajstić information content (AvgIpc) is 2.40. The SMILES string of the molecule is NC1(C2CCC(=O)NC2=O)C=CC=C2C(=O)NC(=O)C=C21. The number of imide groups is 2. The Bertz CT molecular complexity index is 674. The van der Waals surface area contributed by atoms with Crippen molar-refractivity contribution in [3.8, 4) is 0 Å². The summed E-state index contributed by atoms with van der Waals surface area (Å²) < 4.78 is 0. The van der Waals surface area contributed by atoms with E-state index in [0.29, 0.717) is 5.57 Å². The van der Waals surface area contributed by atoms with Crippen molar-refractivity contribution in [2.24, 2.45) is 11.7 Å². The van der Waals surface area contributed by atoms with Crippen LogP contribution < -0.4 is 16.4 Å². The van der Waals surface area contributed by atoms with Crippen LogP contribution in [0.3, 0.4) is 0 Å². The predicted molar refractivity (Wildman–Crippen MR) is 71.2 cm³/mol. The second kappa shape index (κ2) is 4.49. The number of carbonyl (C=O) groups is 4. The van der Waals surface area contributed by atoms with Gasteiger partial charge in [0.05, 0.1) is 11.5 Å². The molecule has 0 aromatic rings. The molecular weight excluding hydrogens is 274 g/mol. The molecule has 0 radical (unpaired) electrons. The topological polar surface area (TPSA) is 118 Å². The van der Waals surface area contributed by atoms with Gasteiger partial charge in [0.1, 0.15) is 0 Å². The lowest BCUT2D eigenvalue weighted by atomic mass is 9.69. The van der Waals surface area contributed by atoms with Crippen molar-refractivity contribution in [2.45, 2.75) is 18.4 Å². The standard InChI is InChI=1S/C14H13N3O4/c15-14(8-3-4-10(18)16-13(8)21)5-1-2-7-9(14)6-11(19)17-12(7)20/h1-2,5-6,8H,3-4,15H2,(H,16,18,21)(H,17,19,20). The maximum Gasteiger partial charge on any atom is 0.258 e. The number of rotatable bonds is 1. The highest BCUT2D eigenvalue weighted by atomic mass is 16.2. The molecule has 2 heterocycles. The summed E-state index contributed by atoms with van der Waals surface area (Å²) in [6, 6.07) is 0. The zero-order valence-corrected chi connectivity index (χ0v) is 11.0. The van der Waals surface area contributed by atoms with Gasteiger partial charge in [-0.2, -0.15) is 0 Å². The third kappa shape index (κ3) is 2.02. The van der Waals surface area contributed by atoms with Crippen LogP contribution in [0.2, 0.25) is 0 Å². The molecule has 7 heteroatoms. The first-order chi connectivity index (χ1) is 9.91. The number of fused-ring (bicyclic) bond motifs is 1. The van der Waals surface area contributed by atoms with Gasteiger partial charge in [-0.15, -0.1) is 0 Å². The van der Waals surface area contributed by atoms with Crippen molar-refractivity contribution in [1.29, 1.82) is 0 Å². The van der Waals surface area contributed by atoms with Crippen LogP contribution in [0.25, 0.3) is 0 Å². The molecular formula is C14H13N3O4. The Morgan fingerprint density at radius 1 is 1.19 bits per heavy atom. The fraction of sp³-hybridized carbons (Fsp3) is 0.286. The van der Waals surface area contributed by atoms with E-state index in [0.717, 1.165) is 0 Å². The average molecular weight is 287 g/mol. The predicted octanol–water partition coefficient (Wildman–Crippen LogP) is -1.18. The fourth-order valence-electron chi connectivity index (χ4n) is 2.92. The minimum absolute atomic E-state index is 0.176. The monoisotopic (exact) mass is 287 g/mol. The van der Waals surface area contributed by atoms with Gasteiger partial charge in [0.2, 0.25) is 11.8 Å². The van der Waals surface area contributed by atoms with Crippen molar-refractivity contribution in [2.75, 3.05) is 0 Å². The molecule has 0 saturated carbocycles. The molecule has 2 aliphatic heterocycles. The molecule has 1 fully saturated rings. The molecule has 3 aliphatic rings. The quantitative estimate of drug-likeness (QED) is 0.524. The summed E-state index contributed by atoms with van der Waals surface area (Å²) in [5.74, 6) is -2.64. The number of allylic oxidation sites excluding steroid dienone is 2. The number of hydrogen-bond acceptors (Lipinski definition) is 5. The van der Waals surface area contributed by atoms with Crippen molar-refractivity contribution < 1.29 is 19.2 Å². The van der Waals surface area contributed by atoms with Gasteiger partial charge < -0.3 is 5.73 Å². The molecule has 2 atom stereocenters. The van der Waals surface area contributed by atoms with E-state index in [1.807, 2.05) is 0 Å². The van der Waals surface area contributed by atoms with Crippen LogP contribution in [-0.4, -0.2) is 29.2 Å². The van der Waals surface area contributed by atoms with Gasteiger partial charge in [-0.3, -0.25) is 29.8 Å². The molecule has 21 heavy (non-hydrogen) atoms. The van der Waals surface area contributed by atoms with Crippen LogP contribution in [0.15, 0.2) is 35.5 Å². The number of nitrogens with one attached hydrogen (secondary N) is 2. The van der Waals surface area contributed by atoms with Crippen LogP contribution in [-0.2, 0) is 19.2 Å². The smallest absolute Gasteiger partial charge is 0.258 e. The zero-order chi connectivity index (χ0) is 15.2. The first kappa shape index (κ1) is 13.4. The Morgan fingerprint density at radius 3 is 2.67 bits per heavy atom. The first-order valence-corrected chi connectivity index (χ1v) is 6.52. The number of amides is 4. The Labute approximate surface area is 119 Å². The maximum absolute atomic E-state index is 12.1. The molecule has 4 amide bonds. The fourth-order valence-corrected chi connectivity index (χ4v) is 2.92. The van der Waals surface area contributed by atoms with Crippen LogP contribution in [0.5, 0.6) is 0 Å². The van der Waals surface area contributed by atoms with Crippen molar-refractivity contribution >= 4 is 23.6 Å². The molecule has 0 spiro atoms. The number of hydrogen-bond donors (Lipinski definition) is 3. The molecule has 2 unspecified atom stereocenters. The van der Waals surface area contributed by atoms with E-state index < -0.39 is 29.2 Å². The molecule has 108 valence electrons. The Balaban J connectivity index is 2.05. The third-order valence-corrected chi connectivity index (χ3v) is 3.96. The summed E-state index contributed by atoms with van der Waals surface area (Å²) in [5, 5.41) is 4.42. The van der Waals surface area contributed by atoms with Crippen LogP contribution in [0.4, 0.5) is 0 Å². The molecule has 1 saturated heterocycles. The minimum Gasteiger partial charge on any atom is -0.318 e. The summed E-state index contributed by atoms with van der Waals surface area (Å²) in [4.78, 5) is 46.7. The Hall–Kier alpha value is -2.54. The van der Waals surface area contributed by atoms with Crippen molar-refractivity contribution in [3.63, 3.8) is 0 Å². The van der Waals surface area contributed by atoms with E-state index >= 15 is 0 Å².